The van der Waals surface area contributed by atoms with Crippen molar-refractivity contribution in [3.05, 3.63) is 40.2 Å². The number of hydrogen-bond acceptors (Lipinski definition) is 5. The Balaban J connectivity index is 2.02. The number of carboxylic acids is 1. The molecule has 5 nitrogen and oxygen atoms in total. The van der Waals surface area contributed by atoms with Crippen LogP contribution in [0.4, 0.5) is 0 Å². The van der Waals surface area contributed by atoms with Gasteiger partial charge in [-0.05, 0) is 12.5 Å². The van der Waals surface area contributed by atoms with E-state index >= 15 is 0 Å². The predicted molar refractivity (Wildman–Crippen MR) is 67.7 cm³/mol. The Hall–Kier alpha value is -1.66. The summed E-state index contributed by atoms with van der Waals surface area (Å²) in [6.45, 7) is 2.52. The highest BCUT2D eigenvalue weighted by Crippen LogP contribution is 2.20. The first kappa shape index (κ1) is 12.8. The molecule has 2 heterocycles. The van der Waals surface area contributed by atoms with Gasteiger partial charge in [0, 0.05) is 23.7 Å². The molecule has 0 bridgehead atoms. The maximum Gasteiger partial charge on any atom is 0.372 e. The molecule has 0 radical (unpaired) electrons. The lowest BCUT2D eigenvalue weighted by atomic mass is 10.2. The maximum atomic E-state index is 10.9. The van der Waals surface area contributed by atoms with Crippen LogP contribution in [0.3, 0.4) is 0 Å². The molecular formula is C12H14N2O3S. The summed E-state index contributed by atoms with van der Waals surface area (Å²) < 4.78 is 4.93. The zero-order valence-electron chi connectivity index (χ0n) is 9.92. The molecule has 2 rings (SSSR count). The van der Waals surface area contributed by atoms with Gasteiger partial charge in [0.15, 0.2) is 0 Å². The summed E-state index contributed by atoms with van der Waals surface area (Å²) in [5, 5.41) is 15.2. The van der Waals surface area contributed by atoms with Gasteiger partial charge < -0.3 is 14.8 Å². The van der Waals surface area contributed by atoms with E-state index in [9.17, 15) is 4.79 Å². The summed E-state index contributed by atoms with van der Waals surface area (Å²) in [6, 6.07) is 1.81. The van der Waals surface area contributed by atoms with Gasteiger partial charge in [0.25, 0.3) is 0 Å². The number of thiazole rings is 1. The van der Waals surface area contributed by atoms with Crippen molar-refractivity contribution >= 4 is 17.3 Å². The molecule has 96 valence electrons. The highest BCUT2D eigenvalue weighted by molar-refractivity contribution is 7.09. The van der Waals surface area contributed by atoms with Gasteiger partial charge in [-0.3, -0.25) is 0 Å². The van der Waals surface area contributed by atoms with E-state index in [0.717, 1.165) is 11.4 Å². The number of rotatable bonds is 6. The number of carboxylic acid groups (broad SMARTS) is 1. The SMILES string of the molecule is CCC(NCc1ccoc1C(=O)O)c1nccs1. The Bertz CT molecular complexity index is 507. The smallest absolute Gasteiger partial charge is 0.372 e. The Labute approximate surface area is 108 Å². The fraction of sp³-hybridized carbons (Fsp3) is 0.333. The average molecular weight is 266 g/mol. The minimum atomic E-state index is -1.04. The maximum absolute atomic E-state index is 10.9. The van der Waals surface area contributed by atoms with E-state index in [1.165, 1.54) is 6.26 Å². The largest absolute Gasteiger partial charge is 0.475 e. The lowest BCUT2D eigenvalue weighted by Crippen LogP contribution is -2.20. The summed E-state index contributed by atoms with van der Waals surface area (Å²) in [6.07, 6.45) is 4.06. The minimum absolute atomic E-state index is 0.00325. The lowest BCUT2D eigenvalue weighted by molar-refractivity contribution is 0.0660. The fourth-order valence-corrected chi connectivity index (χ4v) is 2.51. The number of furan rings is 1. The topological polar surface area (TPSA) is 75.4 Å². The van der Waals surface area contributed by atoms with Crippen LogP contribution in [0.5, 0.6) is 0 Å². The average Bonchev–Trinajstić information content (AvgIpc) is 2.99. The number of aromatic carboxylic acids is 1. The van der Waals surface area contributed by atoms with Crippen molar-refractivity contribution in [3.8, 4) is 0 Å². The van der Waals surface area contributed by atoms with Gasteiger partial charge in [0.1, 0.15) is 5.01 Å². The Morgan fingerprint density at radius 2 is 2.50 bits per heavy atom. The van der Waals surface area contributed by atoms with Gasteiger partial charge in [0.05, 0.1) is 12.3 Å². The third-order valence-corrected chi connectivity index (χ3v) is 3.53. The van der Waals surface area contributed by atoms with Crippen LogP contribution in [0, 0.1) is 0 Å². The van der Waals surface area contributed by atoms with E-state index < -0.39 is 5.97 Å². The normalized spacial score (nSPS) is 12.5. The number of nitrogens with one attached hydrogen (secondary N) is 1. The van der Waals surface area contributed by atoms with Crippen molar-refractivity contribution in [2.24, 2.45) is 0 Å². The summed E-state index contributed by atoms with van der Waals surface area (Å²) in [5.74, 6) is -1.05. The van der Waals surface area contributed by atoms with Gasteiger partial charge >= 0.3 is 5.97 Å². The first-order valence-corrected chi connectivity index (χ1v) is 6.52. The van der Waals surface area contributed by atoms with E-state index in [4.69, 9.17) is 9.52 Å². The highest BCUT2D eigenvalue weighted by Gasteiger charge is 2.16. The molecule has 0 aliphatic rings. The van der Waals surface area contributed by atoms with Crippen molar-refractivity contribution in [1.29, 1.82) is 0 Å². The van der Waals surface area contributed by atoms with Gasteiger partial charge in [-0.25, -0.2) is 9.78 Å². The molecule has 0 aromatic carbocycles. The molecule has 0 saturated heterocycles. The monoisotopic (exact) mass is 266 g/mol. The van der Waals surface area contributed by atoms with E-state index in [-0.39, 0.29) is 11.8 Å². The summed E-state index contributed by atoms with van der Waals surface area (Å²) >= 11 is 1.59. The van der Waals surface area contributed by atoms with Gasteiger partial charge in [-0.2, -0.15) is 0 Å². The predicted octanol–water partition coefficient (Wildman–Crippen LogP) is 2.68. The van der Waals surface area contributed by atoms with Crippen LogP contribution in [0.2, 0.25) is 0 Å². The third kappa shape index (κ3) is 2.77. The quantitative estimate of drug-likeness (QED) is 0.840. The van der Waals surface area contributed by atoms with Gasteiger partial charge in [-0.1, -0.05) is 6.92 Å². The molecule has 2 aromatic heterocycles. The fourth-order valence-electron chi connectivity index (χ4n) is 1.71. The molecule has 2 aromatic rings. The number of aromatic nitrogens is 1. The third-order valence-electron chi connectivity index (χ3n) is 2.64. The Morgan fingerprint density at radius 1 is 1.67 bits per heavy atom. The van der Waals surface area contributed by atoms with E-state index in [2.05, 4.69) is 17.2 Å². The number of nitrogens with zero attached hydrogens (tertiary/aromatic N) is 1. The van der Waals surface area contributed by atoms with Crippen molar-refractivity contribution in [1.82, 2.24) is 10.3 Å². The Kier molecular flexibility index (Phi) is 4.11. The second-order valence-corrected chi connectivity index (χ2v) is 4.72. The van der Waals surface area contributed by atoms with Crippen LogP contribution in [-0.4, -0.2) is 16.1 Å². The Morgan fingerprint density at radius 3 is 3.11 bits per heavy atom. The number of hydrogen-bond donors (Lipinski definition) is 2. The first-order valence-electron chi connectivity index (χ1n) is 5.64. The molecule has 0 aliphatic heterocycles. The van der Waals surface area contributed by atoms with E-state index in [1.807, 2.05) is 5.38 Å². The second kappa shape index (κ2) is 5.79. The standard InChI is InChI=1S/C12H14N2O3S/c1-2-9(11-13-4-6-18-11)14-7-8-3-5-17-10(8)12(15)16/h3-6,9,14H,2,7H2,1H3,(H,15,16). The first-order chi connectivity index (χ1) is 8.72. The van der Waals surface area contributed by atoms with E-state index in [1.54, 1.807) is 23.6 Å². The van der Waals surface area contributed by atoms with Crippen molar-refractivity contribution in [2.45, 2.75) is 25.9 Å². The minimum Gasteiger partial charge on any atom is -0.475 e. The molecular weight excluding hydrogens is 252 g/mol. The zero-order valence-corrected chi connectivity index (χ0v) is 10.7. The van der Waals surface area contributed by atoms with Crippen LogP contribution < -0.4 is 5.32 Å². The summed E-state index contributed by atoms with van der Waals surface area (Å²) in [7, 11) is 0. The van der Waals surface area contributed by atoms with Crippen LogP contribution in [0.25, 0.3) is 0 Å². The molecule has 0 spiro atoms. The molecule has 1 unspecified atom stereocenters. The van der Waals surface area contributed by atoms with Crippen LogP contribution >= 0.6 is 11.3 Å². The van der Waals surface area contributed by atoms with Gasteiger partial charge in [0.2, 0.25) is 5.76 Å². The van der Waals surface area contributed by atoms with Gasteiger partial charge in [-0.15, -0.1) is 11.3 Å². The zero-order chi connectivity index (χ0) is 13.0. The number of carbonyl (C=O) groups is 1. The molecule has 0 aliphatic carbocycles. The summed E-state index contributed by atoms with van der Waals surface area (Å²) in [4.78, 5) is 15.2. The van der Waals surface area contributed by atoms with Crippen molar-refractivity contribution in [3.63, 3.8) is 0 Å². The van der Waals surface area contributed by atoms with Crippen LogP contribution in [0.15, 0.2) is 28.3 Å². The second-order valence-electron chi connectivity index (χ2n) is 3.79. The highest BCUT2D eigenvalue weighted by atomic mass is 32.1. The van der Waals surface area contributed by atoms with E-state index in [0.29, 0.717) is 12.1 Å². The molecule has 0 saturated carbocycles. The lowest BCUT2D eigenvalue weighted by Gasteiger charge is -2.13. The molecule has 6 heteroatoms. The van der Waals surface area contributed by atoms with Crippen molar-refractivity contribution in [2.75, 3.05) is 0 Å². The molecule has 0 amide bonds. The molecule has 18 heavy (non-hydrogen) atoms. The van der Waals surface area contributed by atoms with Crippen LogP contribution in [0.1, 0.15) is 40.5 Å². The molecule has 2 N–H and O–H groups in total. The van der Waals surface area contributed by atoms with Crippen molar-refractivity contribution < 1.29 is 14.3 Å². The molecule has 0 fully saturated rings. The summed E-state index contributed by atoms with van der Waals surface area (Å²) in [5.41, 5.74) is 0.650. The molecule has 1 atom stereocenters. The van der Waals surface area contributed by atoms with Crippen LogP contribution in [-0.2, 0) is 6.54 Å².